The number of nitrogens with zero attached hydrogens (tertiary/aromatic N) is 4. The largest absolute Gasteiger partial charge is 0.394 e. The van der Waals surface area contributed by atoms with Crippen LogP contribution in [0.2, 0.25) is 0 Å². The molecule has 1 aromatic heterocycles. The Kier molecular flexibility index (Phi) is 2.89. The molecule has 0 saturated carbocycles. The number of aromatic nitrogens is 1. The molecule has 0 spiro atoms. The van der Waals surface area contributed by atoms with Gasteiger partial charge in [0, 0.05) is 12.4 Å². The predicted octanol–water partition coefficient (Wildman–Crippen LogP) is -0.594. The van der Waals surface area contributed by atoms with Gasteiger partial charge in [0.05, 0.1) is 30.7 Å². The summed E-state index contributed by atoms with van der Waals surface area (Å²) in [6, 6.07) is 0. The fourth-order valence-corrected chi connectivity index (χ4v) is 3.10. The molecule has 23 heavy (non-hydrogen) atoms. The van der Waals surface area contributed by atoms with Crippen molar-refractivity contribution >= 4 is 29.9 Å². The zero-order chi connectivity index (χ0) is 17.1. The molecular weight excluding hydrogens is 302 g/mol. The van der Waals surface area contributed by atoms with Crippen molar-refractivity contribution in [3.63, 3.8) is 0 Å². The first kappa shape index (κ1) is 13.4. The summed E-state index contributed by atoms with van der Waals surface area (Å²) in [6.07, 6.45) is 0.0421. The highest BCUT2D eigenvalue weighted by molar-refractivity contribution is 6.16. The lowest BCUT2D eigenvalue weighted by atomic mass is 9.96. The van der Waals surface area contributed by atoms with Crippen LogP contribution in [-0.2, 0) is 4.74 Å². The number of amidine groups is 2. The molecule has 4 N–H and O–H groups in total. The topological polar surface area (TPSA) is 124 Å². The Balaban J connectivity index is 1.85. The molecule has 0 radical (unpaired) electrons. The van der Waals surface area contributed by atoms with Gasteiger partial charge in [-0.1, -0.05) is 0 Å². The molecular formula is C14H17N5O4. The van der Waals surface area contributed by atoms with Gasteiger partial charge >= 0.3 is 0 Å². The molecule has 1 aromatic rings. The van der Waals surface area contributed by atoms with Gasteiger partial charge in [-0.2, -0.15) is 0 Å². The van der Waals surface area contributed by atoms with E-state index in [0.29, 0.717) is 29.4 Å². The van der Waals surface area contributed by atoms with Crippen LogP contribution in [0, 0.1) is 0 Å². The summed E-state index contributed by atoms with van der Waals surface area (Å²) in [5.74, 6) is 0.843. The number of aliphatic imine (C=N–C) groups is 3. The number of ether oxygens (including phenoxy) is 1. The first-order chi connectivity index (χ1) is 11.4. The summed E-state index contributed by atoms with van der Waals surface area (Å²) >= 11 is 0. The van der Waals surface area contributed by atoms with Gasteiger partial charge in [-0.05, 0) is 6.92 Å². The third-order valence-electron chi connectivity index (χ3n) is 4.31. The van der Waals surface area contributed by atoms with Crippen LogP contribution in [0.5, 0.6) is 0 Å². The van der Waals surface area contributed by atoms with E-state index in [1.54, 1.807) is 17.0 Å². The van der Waals surface area contributed by atoms with Gasteiger partial charge in [-0.15, -0.1) is 0 Å². The van der Waals surface area contributed by atoms with Gasteiger partial charge in [0.15, 0.2) is 12.1 Å². The van der Waals surface area contributed by atoms with Crippen LogP contribution >= 0.6 is 0 Å². The minimum absolute atomic E-state index is 0.0917. The number of nitrogens with one attached hydrogen (secondary N) is 1. The maximum Gasteiger partial charge on any atom is 0.167 e. The van der Waals surface area contributed by atoms with Crippen LogP contribution in [0.3, 0.4) is 0 Å². The number of rotatable bonds is 2. The summed E-state index contributed by atoms with van der Waals surface area (Å²) in [4.78, 5) is 12.7. The second-order valence-electron chi connectivity index (χ2n) is 5.85. The van der Waals surface area contributed by atoms with E-state index in [0.717, 1.165) is 0 Å². The zero-order valence-corrected chi connectivity index (χ0v) is 12.3. The molecule has 0 amide bonds. The van der Waals surface area contributed by atoms with Crippen molar-refractivity contribution in [1.82, 2.24) is 4.57 Å². The number of aliphatic hydroxyl groups is 3. The number of aliphatic hydroxyl groups excluding tert-OH is 2. The molecule has 1 fully saturated rings. The minimum Gasteiger partial charge on any atom is -0.394 e. The maximum absolute atomic E-state index is 10.7. The lowest BCUT2D eigenvalue weighted by Gasteiger charge is -2.29. The van der Waals surface area contributed by atoms with Crippen molar-refractivity contribution in [2.45, 2.75) is 31.0 Å². The lowest BCUT2D eigenvalue weighted by Crippen LogP contribution is -2.44. The first-order valence-electron chi connectivity index (χ1n) is 7.74. The summed E-state index contributed by atoms with van der Waals surface area (Å²) in [7, 11) is 0. The highest BCUT2D eigenvalue weighted by atomic mass is 16.6. The van der Waals surface area contributed by atoms with E-state index in [4.69, 9.17) is 6.11 Å². The summed E-state index contributed by atoms with van der Waals surface area (Å²) in [5.41, 5.74) is -0.450. The predicted molar refractivity (Wildman–Crippen MR) is 83.7 cm³/mol. The van der Waals surface area contributed by atoms with Crippen molar-refractivity contribution in [3.8, 4) is 0 Å². The molecule has 9 heteroatoms. The van der Waals surface area contributed by atoms with Crippen molar-refractivity contribution in [1.29, 1.82) is 0 Å². The third-order valence-corrected chi connectivity index (χ3v) is 4.31. The van der Waals surface area contributed by atoms with E-state index in [2.05, 4.69) is 20.3 Å². The number of hydrogen-bond acceptors (Lipinski definition) is 8. The number of hydrogen-bond donors (Lipinski definition) is 4. The van der Waals surface area contributed by atoms with Gasteiger partial charge in [0.1, 0.15) is 25.0 Å². The standard InChI is InChI=1S/C14H17N5O4/c1-14(22)10(21)8(5-20)23-13(14)19-4-7-9-11(16-3-2-15-7)17-6-18-12(9)19/h2,4,6,8,10,13,20-22H,3,5H2,1H3,(H,16,17,18)/t8-,10-,13-,14-/m1/s1/i6T. The van der Waals surface area contributed by atoms with E-state index >= 15 is 0 Å². The first-order valence-corrected chi connectivity index (χ1v) is 7.24. The van der Waals surface area contributed by atoms with E-state index in [1.165, 1.54) is 6.92 Å². The molecule has 4 rings (SSSR count). The van der Waals surface area contributed by atoms with Gasteiger partial charge in [0.25, 0.3) is 0 Å². The molecule has 0 aliphatic carbocycles. The van der Waals surface area contributed by atoms with Crippen molar-refractivity contribution in [2.75, 3.05) is 18.5 Å². The number of anilines is 1. The molecule has 9 nitrogen and oxygen atoms in total. The van der Waals surface area contributed by atoms with Crippen LogP contribution < -0.4 is 5.32 Å². The molecule has 4 heterocycles. The molecule has 0 bridgehead atoms. The molecule has 0 unspecified atom stereocenters. The average Bonchev–Trinajstić information content (AvgIpc) is 2.89. The van der Waals surface area contributed by atoms with E-state index < -0.39 is 30.6 Å². The van der Waals surface area contributed by atoms with Crippen molar-refractivity contribution < 1.29 is 21.4 Å². The highest BCUT2D eigenvalue weighted by Gasteiger charge is 2.53. The van der Waals surface area contributed by atoms with E-state index in [9.17, 15) is 15.3 Å². The maximum atomic E-state index is 10.7. The van der Waals surface area contributed by atoms with Gasteiger partial charge < -0.3 is 29.9 Å². The highest BCUT2D eigenvalue weighted by Crippen LogP contribution is 2.43. The Morgan fingerprint density at radius 1 is 1.57 bits per heavy atom. The van der Waals surface area contributed by atoms with Crippen molar-refractivity contribution in [3.05, 3.63) is 11.8 Å². The Bertz CT molecular complexity index is 784. The SMILES string of the molecule is [3H]C1=NC2=NCC=Nc3cn([C@@H]4O[C@H](CO)[C@@H](O)[C@@]4(C)O)c(c32)N1. The van der Waals surface area contributed by atoms with Crippen LogP contribution in [0.25, 0.3) is 0 Å². The van der Waals surface area contributed by atoms with Crippen LogP contribution in [0.1, 0.15) is 20.1 Å². The smallest absolute Gasteiger partial charge is 0.167 e. The van der Waals surface area contributed by atoms with Crippen LogP contribution in [0.4, 0.5) is 11.5 Å². The molecule has 122 valence electrons. The van der Waals surface area contributed by atoms with E-state index in [-0.39, 0.29) is 6.31 Å². The Labute approximate surface area is 133 Å². The third kappa shape index (κ3) is 1.98. The normalized spacial score (nSPS) is 35.8. The average molecular weight is 321 g/mol. The fraction of sp³-hybridized carbons (Fsp3) is 0.500. The lowest BCUT2D eigenvalue weighted by molar-refractivity contribution is -0.0954. The summed E-state index contributed by atoms with van der Waals surface area (Å²) < 4.78 is 15.0. The van der Waals surface area contributed by atoms with Crippen LogP contribution in [-0.4, -0.2) is 69.2 Å². The van der Waals surface area contributed by atoms with Gasteiger partial charge in [-0.25, -0.2) is 4.99 Å². The Morgan fingerprint density at radius 3 is 3.13 bits per heavy atom. The molecule has 4 atom stereocenters. The molecule has 3 aliphatic heterocycles. The van der Waals surface area contributed by atoms with Crippen molar-refractivity contribution in [2.24, 2.45) is 15.0 Å². The Morgan fingerprint density at radius 2 is 2.39 bits per heavy atom. The Hall–Kier alpha value is -2.07. The molecule has 1 saturated heterocycles. The van der Waals surface area contributed by atoms with Gasteiger partial charge in [-0.3, -0.25) is 9.98 Å². The monoisotopic (exact) mass is 321 g/mol. The summed E-state index contributed by atoms with van der Waals surface area (Å²) in [5, 5.41) is 33.0. The van der Waals surface area contributed by atoms with Gasteiger partial charge in [0.2, 0.25) is 0 Å². The molecule has 3 aliphatic rings. The fourth-order valence-electron chi connectivity index (χ4n) is 3.10. The quantitative estimate of drug-likeness (QED) is 0.579. The second-order valence-corrected chi connectivity index (χ2v) is 5.85. The summed E-state index contributed by atoms with van der Waals surface area (Å²) in [6.45, 7) is 1.38. The minimum atomic E-state index is -1.64. The van der Waals surface area contributed by atoms with E-state index in [1.807, 2.05) is 0 Å². The zero-order valence-electron chi connectivity index (χ0n) is 13.3. The van der Waals surface area contributed by atoms with Crippen LogP contribution in [0.15, 0.2) is 21.2 Å². The second kappa shape index (κ2) is 4.96. The molecule has 0 aromatic carbocycles.